The van der Waals surface area contributed by atoms with Crippen molar-refractivity contribution < 1.29 is 26.4 Å². The molecule has 2 aromatic rings. The third kappa shape index (κ3) is 5.31. The molecule has 0 radical (unpaired) electrons. The number of anilines is 1. The van der Waals surface area contributed by atoms with Crippen LogP contribution in [-0.2, 0) is 9.84 Å². The number of carbonyl (C=O) groups excluding carboxylic acids is 1. The van der Waals surface area contributed by atoms with Gasteiger partial charge in [-0.25, -0.2) is 12.8 Å². The highest BCUT2D eigenvalue weighted by Crippen LogP contribution is 2.19. The van der Waals surface area contributed by atoms with Crippen molar-refractivity contribution in [2.45, 2.75) is 10.7 Å². The van der Waals surface area contributed by atoms with Crippen molar-refractivity contribution in [3.63, 3.8) is 0 Å². The van der Waals surface area contributed by atoms with Crippen molar-refractivity contribution in [2.24, 2.45) is 0 Å². The first kappa shape index (κ1) is 22.1. The van der Waals surface area contributed by atoms with Crippen LogP contribution in [0.1, 0.15) is 10.4 Å². The standard InChI is InChI=1S/C20H22F3N3O3S/c21-16-3-5-17(6-4-16)26-13-11-25(12-14-26)10-9-24-19(27)15-1-7-18(8-2-15)30(28,29)20(22)23/h1-8,20H,9-14H2,(H,24,27). The fourth-order valence-electron chi connectivity index (χ4n) is 3.21. The van der Waals surface area contributed by atoms with Crippen LogP contribution in [0.3, 0.4) is 0 Å². The molecule has 0 saturated carbocycles. The molecule has 1 heterocycles. The summed E-state index contributed by atoms with van der Waals surface area (Å²) in [5.74, 6) is -4.17. The number of halogens is 3. The molecule has 1 aliphatic heterocycles. The van der Waals surface area contributed by atoms with E-state index in [9.17, 15) is 26.4 Å². The van der Waals surface area contributed by atoms with Gasteiger partial charge in [0.2, 0.25) is 9.84 Å². The van der Waals surface area contributed by atoms with Gasteiger partial charge in [0.1, 0.15) is 5.82 Å². The van der Waals surface area contributed by atoms with E-state index < -0.39 is 26.4 Å². The lowest BCUT2D eigenvalue weighted by Gasteiger charge is -2.36. The predicted molar refractivity (Wildman–Crippen MR) is 107 cm³/mol. The predicted octanol–water partition coefficient (Wildman–Crippen LogP) is 2.37. The fraction of sp³-hybridized carbons (Fsp3) is 0.350. The number of hydrogen-bond donors (Lipinski definition) is 1. The van der Waals surface area contributed by atoms with Crippen molar-refractivity contribution >= 4 is 21.4 Å². The summed E-state index contributed by atoms with van der Waals surface area (Å²) in [6, 6.07) is 10.8. The van der Waals surface area contributed by atoms with Crippen molar-refractivity contribution in [2.75, 3.05) is 44.2 Å². The molecule has 0 aromatic heterocycles. The van der Waals surface area contributed by atoms with Crippen LogP contribution in [0.25, 0.3) is 0 Å². The third-order valence-corrected chi connectivity index (χ3v) is 6.36. The van der Waals surface area contributed by atoms with Crippen LogP contribution < -0.4 is 10.2 Å². The Morgan fingerprint density at radius 1 is 0.967 bits per heavy atom. The Morgan fingerprint density at radius 2 is 1.57 bits per heavy atom. The maximum atomic E-state index is 13.0. The summed E-state index contributed by atoms with van der Waals surface area (Å²) in [6.07, 6.45) is 0. The van der Waals surface area contributed by atoms with Crippen LogP contribution in [0, 0.1) is 5.82 Å². The van der Waals surface area contributed by atoms with Crippen molar-refractivity contribution in [3.05, 3.63) is 59.9 Å². The number of hydrogen-bond acceptors (Lipinski definition) is 5. The van der Waals surface area contributed by atoms with Crippen molar-refractivity contribution in [1.82, 2.24) is 10.2 Å². The van der Waals surface area contributed by atoms with E-state index in [1.807, 2.05) is 0 Å². The monoisotopic (exact) mass is 441 g/mol. The molecule has 0 unspecified atom stereocenters. The Balaban J connectivity index is 1.43. The second-order valence-electron chi connectivity index (χ2n) is 6.89. The fourth-order valence-corrected chi connectivity index (χ4v) is 3.93. The number of sulfone groups is 1. The summed E-state index contributed by atoms with van der Waals surface area (Å²) < 4.78 is 60.9. The molecule has 0 aliphatic carbocycles. The van der Waals surface area contributed by atoms with E-state index in [0.29, 0.717) is 13.1 Å². The third-order valence-electron chi connectivity index (χ3n) is 4.96. The molecule has 6 nitrogen and oxygen atoms in total. The molecule has 10 heteroatoms. The molecule has 162 valence electrons. The van der Waals surface area contributed by atoms with E-state index in [0.717, 1.165) is 44.0 Å². The maximum Gasteiger partial charge on any atom is 0.341 e. The van der Waals surface area contributed by atoms with Crippen molar-refractivity contribution in [3.8, 4) is 0 Å². The smallest absolute Gasteiger partial charge is 0.341 e. The van der Waals surface area contributed by atoms with Gasteiger partial charge < -0.3 is 10.2 Å². The molecule has 1 saturated heterocycles. The van der Waals surface area contributed by atoms with Gasteiger partial charge in [0, 0.05) is 50.5 Å². The lowest BCUT2D eigenvalue weighted by molar-refractivity contribution is 0.0947. The van der Waals surface area contributed by atoms with Gasteiger partial charge in [-0.1, -0.05) is 0 Å². The number of carbonyl (C=O) groups is 1. The van der Waals surface area contributed by atoms with Gasteiger partial charge in [0.05, 0.1) is 4.90 Å². The SMILES string of the molecule is O=C(NCCN1CCN(c2ccc(F)cc2)CC1)c1ccc(S(=O)(=O)C(F)F)cc1. The van der Waals surface area contributed by atoms with E-state index in [-0.39, 0.29) is 11.4 Å². The van der Waals surface area contributed by atoms with Crippen LogP contribution in [0.5, 0.6) is 0 Å². The number of alkyl halides is 2. The van der Waals surface area contributed by atoms with E-state index in [1.54, 1.807) is 12.1 Å². The molecule has 1 N–H and O–H groups in total. The Hall–Kier alpha value is -2.59. The molecule has 3 rings (SSSR count). The summed E-state index contributed by atoms with van der Waals surface area (Å²) in [4.78, 5) is 16.0. The molecule has 30 heavy (non-hydrogen) atoms. The first-order valence-electron chi connectivity index (χ1n) is 9.40. The first-order valence-corrected chi connectivity index (χ1v) is 11.0. The molecular weight excluding hydrogens is 419 g/mol. The summed E-state index contributed by atoms with van der Waals surface area (Å²) in [7, 11) is -4.67. The highest BCUT2D eigenvalue weighted by Gasteiger charge is 2.26. The van der Waals surface area contributed by atoms with Crippen LogP contribution in [-0.4, -0.2) is 64.3 Å². The Bertz CT molecular complexity index is 959. The maximum absolute atomic E-state index is 13.0. The van der Waals surface area contributed by atoms with E-state index in [1.165, 1.54) is 24.3 Å². The highest BCUT2D eigenvalue weighted by molar-refractivity contribution is 7.91. The van der Waals surface area contributed by atoms with Gasteiger partial charge >= 0.3 is 5.76 Å². The van der Waals surface area contributed by atoms with Crippen LogP contribution in [0.2, 0.25) is 0 Å². The zero-order chi connectivity index (χ0) is 21.7. The minimum atomic E-state index is -4.67. The first-order chi connectivity index (χ1) is 14.3. The topological polar surface area (TPSA) is 69.7 Å². The molecule has 2 aromatic carbocycles. The Morgan fingerprint density at radius 3 is 2.13 bits per heavy atom. The highest BCUT2D eigenvalue weighted by atomic mass is 32.2. The molecular formula is C20H22F3N3O3S. The van der Waals surface area contributed by atoms with Gasteiger partial charge in [-0.15, -0.1) is 0 Å². The quantitative estimate of drug-likeness (QED) is 0.715. The number of rotatable bonds is 7. The van der Waals surface area contributed by atoms with Gasteiger partial charge in [-0.3, -0.25) is 9.69 Å². The summed E-state index contributed by atoms with van der Waals surface area (Å²) in [5.41, 5.74) is 1.17. The second-order valence-corrected chi connectivity index (χ2v) is 8.81. The second kappa shape index (κ2) is 9.48. The molecule has 1 amide bonds. The summed E-state index contributed by atoms with van der Waals surface area (Å²) in [6.45, 7) is 4.22. The molecule has 0 atom stereocenters. The zero-order valence-electron chi connectivity index (χ0n) is 16.1. The molecule has 0 bridgehead atoms. The van der Waals surface area contributed by atoms with Crippen LogP contribution >= 0.6 is 0 Å². The van der Waals surface area contributed by atoms with Crippen molar-refractivity contribution in [1.29, 1.82) is 0 Å². The molecule has 1 aliphatic rings. The van der Waals surface area contributed by atoms with Gasteiger partial charge in [-0.05, 0) is 48.5 Å². The van der Waals surface area contributed by atoms with Gasteiger partial charge in [-0.2, -0.15) is 8.78 Å². The largest absolute Gasteiger partial charge is 0.369 e. The average molecular weight is 441 g/mol. The van der Waals surface area contributed by atoms with Gasteiger partial charge in [0.25, 0.3) is 5.91 Å². The number of piperazine rings is 1. The average Bonchev–Trinajstić information content (AvgIpc) is 2.75. The number of nitrogens with zero attached hydrogens (tertiary/aromatic N) is 2. The van der Waals surface area contributed by atoms with E-state index >= 15 is 0 Å². The minimum Gasteiger partial charge on any atom is -0.369 e. The number of benzene rings is 2. The zero-order valence-corrected chi connectivity index (χ0v) is 16.9. The Labute approximate surface area is 173 Å². The van der Waals surface area contributed by atoms with Crippen LogP contribution in [0.15, 0.2) is 53.4 Å². The van der Waals surface area contributed by atoms with E-state index in [4.69, 9.17) is 0 Å². The Kier molecular flexibility index (Phi) is 6.99. The number of nitrogens with one attached hydrogen (secondary N) is 1. The normalized spacial score (nSPS) is 15.4. The molecule has 0 spiro atoms. The lowest BCUT2D eigenvalue weighted by atomic mass is 10.2. The summed E-state index contributed by atoms with van der Waals surface area (Å²) in [5, 5.41) is 2.74. The number of amides is 1. The van der Waals surface area contributed by atoms with Gasteiger partial charge in [0.15, 0.2) is 0 Å². The van der Waals surface area contributed by atoms with E-state index in [2.05, 4.69) is 15.1 Å². The minimum absolute atomic E-state index is 0.198. The lowest BCUT2D eigenvalue weighted by Crippen LogP contribution is -2.48. The molecule has 1 fully saturated rings. The summed E-state index contributed by atoms with van der Waals surface area (Å²) >= 11 is 0. The van der Waals surface area contributed by atoms with Crippen LogP contribution in [0.4, 0.5) is 18.9 Å².